The van der Waals surface area contributed by atoms with E-state index in [1.807, 2.05) is 22.7 Å². The van der Waals surface area contributed by atoms with E-state index < -0.39 is 0 Å². The zero-order chi connectivity index (χ0) is 44.9. The molecule has 16 rings (SSSR count). The number of hydrogen-bond donors (Lipinski definition) is 0. The zero-order valence-corrected chi connectivity index (χ0v) is 38.7. The lowest BCUT2D eigenvalue weighted by Crippen LogP contribution is -2.61. The van der Waals surface area contributed by atoms with Crippen LogP contribution in [0.3, 0.4) is 0 Å². The van der Waals surface area contributed by atoms with Gasteiger partial charge in [0.25, 0.3) is 6.71 Å². The van der Waals surface area contributed by atoms with E-state index in [0.717, 1.165) is 22.7 Å². The SMILES string of the molecule is c1ccc(-c2ccc3sc4c(c3c2)N(c2ccc3c(c2)sc2ccccc23)c2cc(N(c3ccccc3)c3ccccc3)cc3c2B4c2cccc4c2N3c2cccc3c5ccccc5n-4c23)cc1. The Morgan fingerprint density at radius 3 is 1.84 bits per heavy atom. The first-order valence-corrected chi connectivity index (χ1v) is 25.3. The van der Waals surface area contributed by atoms with E-state index in [4.69, 9.17) is 0 Å². The number of hydrogen-bond acceptors (Lipinski definition) is 5. The Bertz CT molecular complexity index is 4250. The van der Waals surface area contributed by atoms with Crippen LogP contribution in [0, 0.1) is 0 Å². The van der Waals surface area contributed by atoms with Crippen LogP contribution in [0.2, 0.25) is 0 Å². The molecule has 6 heterocycles. The maximum Gasteiger partial charge on any atom is 0.264 e. The molecule has 0 radical (unpaired) electrons. The first-order chi connectivity index (χ1) is 34.2. The molecule has 0 atom stereocenters. The molecule has 7 heteroatoms. The first-order valence-electron chi connectivity index (χ1n) is 23.6. The molecule has 13 aromatic rings. The van der Waals surface area contributed by atoms with Gasteiger partial charge in [0, 0.05) is 74.2 Å². The van der Waals surface area contributed by atoms with Gasteiger partial charge in [0.05, 0.1) is 39.5 Å². The molecule has 0 amide bonds. The van der Waals surface area contributed by atoms with Gasteiger partial charge in [-0.3, -0.25) is 0 Å². The predicted octanol–water partition coefficient (Wildman–Crippen LogP) is 15.9. The number of thiophene rings is 2. The second kappa shape index (κ2) is 14.1. The molecule has 4 nitrogen and oxygen atoms in total. The van der Waals surface area contributed by atoms with Crippen molar-refractivity contribution in [1.82, 2.24) is 4.57 Å². The van der Waals surface area contributed by atoms with Gasteiger partial charge in [0.1, 0.15) is 0 Å². The number of benzene rings is 10. The molecule has 3 aliphatic rings. The van der Waals surface area contributed by atoms with E-state index in [9.17, 15) is 0 Å². The molecular weight excluding hydrogens is 876 g/mol. The predicted molar refractivity (Wildman–Crippen MR) is 297 cm³/mol. The molecule has 69 heavy (non-hydrogen) atoms. The molecule has 0 bridgehead atoms. The topological polar surface area (TPSA) is 14.7 Å². The van der Waals surface area contributed by atoms with Crippen LogP contribution < -0.4 is 30.4 Å². The number of nitrogens with zero attached hydrogens (tertiary/aromatic N) is 4. The van der Waals surface area contributed by atoms with Crippen molar-refractivity contribution in [2.24, 2.45) is 0 Å². The first kappa shape index (κ1) is 37.7. The third kappa shape index (κ3) is 5.18. The Hall–Kier alpha value is -8.36. The Labute approximate surface area is 406 Å². The molecule has 320 valence electrons. The van der Waals surface area contributed by atoms with Crippen molar-refractivity contribution < 1.29 is 0 Å². The lowest BCUT2D eigenvalue weighted by atomic mass is 9.36. The van der Waals surface area contributed by atoms with Gasteiger partial charge in [-0.25, -0.2) is 0 Å². The van der Waals surface area contributed by atoms with Crippen LogP contribution in [-0.2, 0) is 0 Å². The largest absolute Gasteiger partial charge is 0.310 e. The van der Waals surface area contributed by atoms with Crippen LogP contribution in [-0.4, -0.2) is 11.3 Å². The van der Waals surface area contributed by atoms with Crippen molar-refractivity contribution in [3.05, 3.63) is 224 Å². The average Bonchev–Trinajstić information content (AvgIpc) is 4.09. The van der Waals surface area contributed by atoms with E-state index in [2.05, 4.69) is 244 Å². The summed E-state index contributed by atoms with van der Waals surface area (Å²) in [6, 6.07) is 83.6. The highest BCUT2D eigenvalue weighted by atomic mass is 32.1. The van der Waals surface area contributed by atoms with Gasteiger partial charge in [-0.15, -0.1) is 22.7 Å². The van der Waals surface area contributed by atoms with E-state index >= 15 is 0 Å². The van der Waals surface area contributed by atoms with Gasteiger partial charge in [-0.2, -0.15) is 0 Å². The number of fused-ring (bicyclic) bond motifs is 14. The Morgan fingerprint density at radius 2 is 1.03 bits per heavy atom. The molecule has 0 N–H and O–H groups in total. The summed E-state index contributed by atoms with van der Waals surface area (Å²) in [6.07, 6.45) is 0. The molecular formula is C62H37BN4S2. The number of anilines is 9. The van der Waals surface area contributed by atoms with Crippen molar-refractivity contribution in [3.8, 4) is 16.8 Å². The van der Waals surface area contributed by atoms with E-state index in [1.54, 1.807) is 0 Å². The van der Waals surface area contributed by atoms with Crippen molar-refractivity contribution in [2.45, 2.75) is 0 Å². The second-order valence-electron chi connectivity index (χ2n) is 18.4. The van der Waals surface area contributed by atoms with Crippen molar-refractivity contribution in [1.29, 1.82) is 0 Å². The van der Waals surface area contributed by atoms with E-state index in [0.29, 0.717) is 0 Å². The Kier molecular flexibility index (Phi) is 7.70. The third-order valence-electron chi connectivity index (χ3n) is 14.8. The smallest absolute Gasteiger partial charge is 0.264 e. The van der Waals surface area contributed by atoms with Crippen LogP contribution in [0.15, 0.2) is 224 Å². The third-order valence-corrected chi connectivity index (χ3v) is 17.2. The Morgan fingerprint density at radius 1 is 0.377 bits per heavy atom. The second-order valence-corrected chi connectivity index (χ2v) is 20.6. The summed E-state index contributed by atoms with van der Waals surface area (Å²) in [5.74, 6) is 0. The fourth-order valence-electron chi connectivity index (χ4n) is 12.0. The van der Waals surface area contributed by atoms with Gasteiger partial charge in [0.15, 0.2) is 0 Å². The fourth-order valence-corrected chi connectivity index (χ4v) is 14.5. The van der Waals surface area contributed by atoms with Gasteiger partial charge < -0.3 is 19.3 Å². The summed E-state index contributed by atoms with van der Waals surface area (Å²) < 4.78 is 7.78. The van der Waals surface area contributed by atoms with E-state index in [-0.39, 0.29) is 6.71 Å². The van der Waals surface area contributed by atoms with Crippen LogP contribution in [0.4, 0.5) is 51.2 Å². The minimum atomic E-state index is -0.0309. The molecule has 0 saturated heterocycles. The lowest BCUT2D eigenvalue weighted by Gasteiger charge is -2.46. The summed E-state index contributed by atoms with van der Waals surface area (Å²) in [5, 5.41) is 6.40. The molecule has 0 unspecified atom stereocenters. The van der Waals surface area contributed by atoms with Crippen molar-refractivity contribution >= 4 is 148 Å². The van der Waals surface area contributed by atoms with Crippen molar-refractivity contribution in [2.75, 3.05) is 14.7 Å². The zero-order valence-electron chi connectivity index (χ0n) is 37.0. The lowest BCUT2D eigenvalue weighted by molar-refractivity contribution is 1.11. The summed E-state index contributed by atoms with van der Waals surface area (Å²) in [7, 11) is 0. The van der Waals surface area contributed by atoms with Gasteiger partial charge in [0.2, 0.25) is 0 Å². The quantitative estimate of drug-likeness (QED) is 0.160. The molecule has 3 aliphatic heterocycles. The van der Waals surface area contributed by atoms with Gasteiger partial charge in [-0.1, -0.05) is 140 Å². The number of para-hydroxylation sites is 5. The highest BCUT2D eigenvalue weighted by Gasteiger charge is 2.48. The highest BCUT2D eigenvalue weighted by molar-refractivity contribution is 7.33. The summed E-state index contributed by atoms with van der Waals surface area (Å²) in [4.78, 5) is 7.70. The van der Waals surface area contributed by atoms with Crippen LogP contribution >= 0.6 is 22.7 Å². The monoisotopic (exact) mass is 912 g/mol. The standard InChI is InChI=1S/C62H37BN4S2/c1-4-16-38(17-5-1)39-30-33-56-48(34-39)60-62(69-56)63-49-25-15-28-52-61(49)67(51-27-14-24-47-44-22-10-12-26-50(44)66(52)59(47)51)54-36-43(64(40-18-6-2-7-19-40)41-20-8-3-9-21-41)35-53(58(54)63)65(60)42-31-32-46-45-23-11-13-29-55(45)68-57(46)37-42/h1-37H. The fraction of sp³-hybridized carbons (Fsp3) is 0. The minimum Gasteiger partial charge on any atom is -0.310 e. The molecule has 3 aromatic heterocycles. The molecule has 0 fully saturated rings. The Balaban J connectivity index is 1.07. The normalized spacial score (nSPS) is 13.1. The van der Waals surface area contributed by atoms with Gasteiger partial charge >= 0.3 is 0 Å². The van der Waals surface area contributed by atoms with Crippen LogP contribution in [0.5, 0.6) is 0 Å². The highest BCUT2D eigenvalue weighted by Crippen LogP contribution is 2.55. The van der Waals surface area contributed by atoms with Crippen LogP contribution in [0.25, 0.3) is 68.9 Å². The molecule has 0 aliphatic carbocycles. The summed E-state index contributed by atoms with van der Waals surface area (Å²) in [6.45, 7) is -0.0309. The molecule has 0 spiro atoms. The summed E-state index contributed by atoms with van der Waals surface area (Å²) >= 11 is 3.84. The van der Waals surface area contributed by atoms with Crippen molar-refractivity contribution in [3.63, 3.8) is 0 Å². The average molecular weight is 913 g/mol. The molecule has 10 aromatic carbocycles. The number of aromatic nitrogens is 1. The number of rotatable bonds is 5. The maximum atomic E-state index is 2.64. The molecule has 0 saturated carbocycles. The van der Waals surface area contributed by atoms with E-state index in [1.165, 1.54) is 113 Å². The maximum absolute atomic E-state index is 2.64. The minimum absolute atomic E-state index is 0.0309. The van der Waals surface area contributed by atoms with Crippen LogP contribution in [0.1, 0.15) is 0 Å². The summed E-state index contributed by atoms with van der Waals surface area (Å²) in [5.41, 5.74) is 19.3. The van der Waals surface area contributed by atoms with Gasteiger partial charge in [-0.05, 0) is 107 Å².